The molecule has 0 saturated heterocycles. The number of nitrogens with one attached hydrogen (secondary N) is 1. The van der Waals surface area contributed by atoms with Crippen LogP contribution in [0.1, 0.15) is 37.5 Å². The zero-order valence-electron chi connectivity index (χ0n) is 16.8. The van der Waals surface area contributed by atoms with Crippen LogP contribution in [0.25, 0.3) is 6.08 Å². The number of amides is 1. The summed E-state index contributed by atoms with van der Waals surface area (Å²) in [4.78, 5) is 12.1. The molecule has 2 aromatic rings. The number of benzene rings is 2. The van der Waals surface area contributed by atoms with Crippen molar-refractivity contribution >= 4 is 12.0 Å². The van der Waals surface area contributed by atoms with Crippen LogP contribution in [-0.4, -0.2) is 18.6 Å². The van der Waals surface area contributed by atoms with Gasteiger partial charge >= 0.3 is 0 Å². The molecule has 0 aromatic heterocycles. The van der Waals surface area contributed by atoms with Gasteiger partial charge in [-0.1, -0.05) is 35.9 Å². The summed E-state index contributed by atoms with van der Waals surface area (Å²) in [5, 5.41) is 12.0. The highest BCUT2D eigenvalue weighted by Gasteiger charge is 2.12. The fraction of sp³-hybridized carbons (Fsp3) is 0.304. The van der Waals surface area contributed by atoms with Gasteiger partial charge in [-0.25, -0.2) is 0 Å². The molecule has 0 bridgehead atoms. The standard InChI is InChI=1S/C23H26N2O3/c1-5-27-22-13-18(12-20(14-24)23(26)25-16(2)3)9-10-21(22)28-15-19-8-6-7-17(4)11-19/h6-13,16H,5,15H2,1-4H3,(H,25,26)/b20-12-. The summed E-state index contributed by atoms with van der Waals surface area (Å²) in [6.45, 7) is 8.53. The third kappa shape index (κ3) is 6.17. The first-order valence-electron chi connectivity index (χ1n) is 9.30. The van der Waals surface area contributed by atoms with Gasteiger partial charge in [-0.2, -0.15) is 5.26 Å². The lowest BCUT2D eigenvalue weighted by Gasteiger charge is -2.13. The molecule has 5 heteroatoms. The van der Waals surface area contributed by atoms with E-state index in [1.165, 1.54) is 5.56 Å². The van der Waals surface area contributed by atoms with E-state index in [2.05, 4.69) is 11.4 Å². The van der Waals surface area contributed by atoms with E-state index in [1.54, 1.807) is 24.3 Å². The molecule has 0 heterocycles. The van der Waals surface area contributed by atoms with E-state index in [0.29, 0.717) is 30.3 Å². The van der Waals surface area contributed by atoms with E-state index < -0.39 is 5.91 Å². The van der Waals surface area contributed by atoms with Gasteiger partial charge in [0.05, 0.1) is 6.61 Å². The second-order valence-electron chi connectivity index (χ2n) is 6.71. The maximum absolute atomic E-state index is 12.1. The Hall–Kier alpha value is -3.26. The number of hydrogen-bond donors (Lipinski definition) is 1. The first-order chi connectivity index (χ1) is 13.4. The van der Waals surface area contributed by atoms with Gasteiger partial charge in [0.2, 0.25) is 0 Å². The van der Waals surface area contributed by atoms with Crippen LogP contribution in [-0.2, 0) is 11.4 Å². The molecule has 0 atom stereocenters. The third-order valence-electron chi connectivity index (χ3n) is 3.84. The molecule has 0 unspecified atom stereocenters. The average molecular weight is 378 g/mol. The number of rotatable bonds is 8. The Balaban J connectivity index is 2.22. The second-order valence-corrected chi connectivity index (χ2v) is 6.71. The molecule has 0 spiro atoms. The predicted octanol–water partition coefficient (Wildman–Crippen LogP) is 4.40. The lowest BCUT2D eigenvalue weighted by Crippen LogP contribution is -2.30. The van der Waals surface area contributed by atoms with Gasteiger partial charge in [0.15, 0.2) is 11.5 Å². The molecule has 0 aliphatic rings. The Labute approximate surface area is 166 Å². The maximum atomic E-state index is 12.1. The molecular weight excluding hydrogens is 352 g/mol. The summed E-state index contributed by atoms with van der Waals surface area (Å²) in [6.07, 6.45) is 1.55. The van der Waals surface area contributed by atoms with Crippen molar-refractivity contribution in [1.82, 2.24) is 5.32 Å². The molecule has 146 valence electrons. The van der Waals surface area contributed by atoms with Crippen molar-refractivity contribution in [3.8, 4) is 17.6 Å². The molecule has 0 saturated carbocycles. The lowest BCUT2D eigenvalue weighted by atomic mass is 10.1. The third-order valence-corrected chi connectivity index (χ3v) is 3.84. The Morgan fingerprint density at radius 3 is 2.61 bits per heavy atom. The number of hydrogen-bond acceptors (Lipinski definition) is 4. The highest BCUT2D eigenvalue weighted by atomic mass is 16.5. The Morgan fingerprint density at radius 2 is 1.96 bits per heavy atom. The number of ether oxygens (including phenoxy) is 2. The van der Waals surface area contributed by atoms with E-state index in [1.807, 2.05) is 52.0 Å². The van der Waals surface area contributed by atoms with Gasteiger partial charge in [-0.05, 0) is 57.0 Å². The van der Waals surface area contributed by atoms with Crippen LogP contribution in [0, 0.1) is 18.3 Å². The van der Waals surface area contributed by atoms with E-state index in [-0.39, 0.29) is 11.6 Å². The van der Waals surface area contributed by atoms with E-state index in [0.717, 1.165) is 5.56 Å². The summed E-state index contributed by atoms with van der Waals surface area (Å²) in [6, 6.07) is 15.4. The van der Waals surface area contributed by atoms with Gasteiger partial charge in [-0.3, -0.25) is 4.79 Å². The fourth-order valence-corrected chi connectivity index (χ4v) is 2.62. The minimum absolute atomic E-state index is 0.0411. The predicted molar refractivity (Wildman–Crippen MR) is 110 cm³/mol. The number of nitrogens with zero attached hydrogens (tertiary/aromatic N) is 1. The average Bonchev–Trinajstić information content (AvgIpc) is 2.65. The van der Waals surface area contributed by atoms with E-state index >= 15 is 0 Å². The van der Waals surface area contributed by atoms with Crippen LogP contribution < -0.4 is 14.8 Å². The largest absolute Gasteiger partial charge is 0.490 e. The highest BCUT2D eigenvalue weighted by molar-refractivity contribution is 6.01. The minimum Gasteiger partial charge on any atom is -0.490 e. The lowest BCUT2D eigenvalue weighted by molar-refractivity contribution is -0.117. The first kappa shape index (κ1) is 21.0. The number of nitriles is 1. The summed E-state index contributed by atoms with van der Waals surface area (Å²) in [7, 11) is 0. The van der Waals surface area contributed by atoms with Crippen molar-refractivity contribution in [3.63, 3.8) is 0 Å². The summed E-state index contributed by atoms with van der Waals surface area (Å²) < 4.78 is 11.6. The molecule has 2 rings (SSSR count). The van der Waals surface area contributed by atoms with Crippen LogP contribution in [0.5, 0.6) is 11.5 Å². The van der Waals surface area contributed by atoms with Crippen LogP contribution in [0.4, 0.5) is 0 Å². The second kappa shape index (κ2) is 10.2. The van der Waals surface area contributed by atoms with Crippen LogP contribution in [0.2, 0.25) is 0 Å². The van der Waals surface area contributed by atoms with Gasteiger partial charge in [-0.15, -0.1) is 0 Å². The maximum Gasteiger partial charge on any atom is 0.262 e. The molecule has 1 amide bonds. The minimum atomic E-state index is -0.393. The Bertz CT molecular complexity index is 895. The molecule has 2 aromatic carbocycles. The Morgan fingerprint density at radius 1 is 1.18 bits per heavy atom. The molecule has 0 radical (unpaired) electrons. The zero-order chi connectivity index (χ0) is 20.5. The molecule has 0 aliphatic heterocycles. The summed E-state index contributed by atoms with van der Waals surface area (Å²) in [5.41, 5.74) is 2.99. The van der Waals surface area contributed by atoms with Crippen molar-refractivity contribution in [2.75, 3.05) is 6.61 Å². The van der Waals surface area contributed by atoms with Crippen molar-refractivity contribution in [3.05, 3.63) is 64.7 Å². The molecule has 5 nitrogen and oxygen atoms in total. The monoisotopic (exact) mass is 378 g/mol. The summed E-state index contributed by atoms with van der Waals surface area (Å²) >= 11 is 0. The smallest absolute Gasteiger partial charge is 0.262 e. The van der Waals surface area contributed by atoms with Crippen LogP contribution >= 0.6 is 0 Å². The van der Waals surface area contributed by atoms with Crippen LogP contribution in [0.3, 0.4) is 0 Å². The molecule has 0 fully saturated rings. The first-order valence-corrected chi connectivity index (χ1v) is 9.30. The van der Waals surface area contributed by atoms with Crippen molar-refractivity contribution in [1.29, 1.82) is 5.26 Å². The quantitative estimate of drug-likeness (QED) is 0.546. The molecule has 0 aliphatic carbocycles. The van der Waals surface area contributed by atoms with E-state index in [9.17, 15) is 10.1 Å². The number of carbonyl (C=O) groups excluding carboxylic acids is 1. The van der Waals surface area contributed by atoms with Crippen molar-refractivity contribution in [2.24, 2.45) is 0 Å². The highest BCUT2D eigenvalue weighted by Crippen LogP contribution is 2.30. The van der Waals surface area contributed by atoms with Gasteiger partial charge in [0, 0.05) is 6.04 Å². The van der Waals surface area contributed by atoms with Gasteiger partial charge in [0.1, 0.15) is 18.2 Å². The van der Waals surface area contributed by atoms with E-state index in [4.69, 9.17) is 9.47 Å². The van der Waals surface area contributed by atoms with Gasteiger partial charge in [0.25, 0.3) is 5.91 Å². The topological polar surface area (TPSA) is 71.3 Å². The van der Waals surface area contributed by atoms with Crippen molar-refractivity contribution in [2.45, 2.75) is 40.3 Å². The Kier molecular flexibility index (Phi) is 7.65. The summed E-state index contributed by atoms with van der Waals surface area (Å²) in [5.74, 6) is 0.798. The fourth-order valence-electron chi connectivity index (χ4n) is 2.62. The molecule has 28 heavy (non-hydrogen) atoms. The zero-order valence-corrected chi connectivity index (χ0v) is 16.8. The molecular formula is C23H26N2O3. The molecule has 1 N–H and O–H groups in total. The number of carbonyl (C=O) groups is 1. The normalized spacial score (nSPS) is 11.1. The number of aryl methyl sites for hydroxylation is 1. The van der Waals surface area contributed by atoms with Gasteiger partial charge < -0.3 is 14.8 Å². The SMILES string of the molecule is CCOc1cc(/C=C(/C#N)C(=O)NC(C)C)ccc1OCc1cccc(C)c1. The van der Waals surface area contributed by atoms with Crippen molar-refractivity contribution < 1.29 is 14.3 Å². The van der Waals surface area contributed by atoms with Crippen LogP contribution in [0.15, 0.2) is 48.0 Å².